The van der Waals surface area contributed by atoms with Gasteiger partial charge in [0.1, 0.15) is 11.9 Å². The van der Waals surface area contributed by atoms with Crippen molar-refractivity contribution in [2.45, 2.75) is 45.1 Å². The van der Waals surface area contributed by atoms with Gasteiger partial charge < -0.3 is 9.64 Å². The van der Waals surface area contributed by atoms with Crippen LogP contribution < -0.4 is 14.4 Å². The van der Waals surface area contributed by atoms with Crippen LogP contribution in [-0.2, 0) is 14.8 Å². The molecule has 6 nitrogen and oxygen atoms in total. The standard InChI is InChI=1S/C16H24N2O4S/c1-11(2)7-8-17-23(20,21)14-5-6-16-15(9-14)18(13(4)19)10-12(3)22-16/h5-6,9,11-12,17H,7-8,10H2,1-4H3/t12-/m1/s1. The first-order valence-corrected chi connectivity index (χ1v) is 9.27. The highest BCUT2D eigenvalue weighted by molar-refractivity contribution is 7.89. The molecule has 7 heteroatoms. The van der Waals surface area contributed by atoms with Crippen molar-refractivity contribution >= 4 is 21.6 Å². The number of nitrogens with zero attached hydrogens (tertiary/aromatic N) is 1. The maximum absolute atomic E-state index is 12.4. The van der Waals surface area contributed by atoms with Gasteiger partial charge in [0.25, 0.3) is 0 Å². The Morgan fingerprint density at radius 3 is 2.74 bits per heavy atom. The van der Waals surface area contributed by atoms with Gasteiger partial charge in [0.15, 0.2) is 0 Å². The predicted molar refractivity (Wildman–Crippen MR) is 89.2 cm³/mol. The van der Waals surface area contributed by atoms with E-state index in [1.54, 1.807) is 11.0 Å². The fourth-order valence-corrected chi connectivity index (χ4v) is 3.52. The van der Waals surface area contributed by atoms with Crippen LogP contribution >= 0.6 is 0 Å². The molecule has 2 rings (SSSR count). The molecule has 1 N–H and O–H groups in total. The molecule has 23 heavy (non-hydrogen) atoms. The van der Waals surface area contributed by atoms with Gasteiger partial charge in [-0.05, 0) is 37.5 Å². The largest absolute Gasteiger partial charge is 0.487 e. The zero-order valence-electron chi connectivity index (χ0n) is 14.0. The predicted octanol–water partition coefficient (Wildman–Crippen LogP) is 2.14. The van der Waals surface area contributed by atoms with Crippen LogP contribution in [0.2, 0.25) is 0 Å². The number of benzene rings is 1. The third-order valence-electron chi connectivity index (χ3n) is 3.69. The van der Waals surface area contributed by atoms with Crippen LogP contribution in [0, 0.1) is 5.92 Å². The van der Waals surface area contributed by atoms with E-state index < -0.39 is 10.0 Å². The first-order chi connectivity index (χ1) is 10.7. The minimum absolute atomic E-state index is 0.127. The first-order valence-electron chi connectivity index (χ1n) is 7.79. The van der Waals surface area contributed by atoms with Crippen LogP contribution in [0.25, 0.3) is 0 Å². The number of anilines is 1. The van der Waals surface area contributed by atoms with E-state index in [0.29, 0.717) is 30.4 Å². The van der Waals surface area contributed by atoms with Crippen molar-refractivity contribution in [3.63, 3.8) is 0 Å². The molecule has 0 bridgehead atoms. The summed E-state index contributed by atoms with van der Waals surface area (Å²) in [5.41, 5.74) is 0.502. The van der Waals surface area contributed by atoms with Crippen molar-refractivity contribution in [3.05, 3.63) is 18.2 Å². The number of ether oxygens (including phenoxy) is 1. The van der Waals surface area contributed by atoms with Gasteiger partial charge in [-0.2, -0.15) is 0 Å². The summed E-state index contributed by atoms with van der Waals surface area (Å²) in [7, 11) is -3.60. The van der Waals surface area contributed by atoms with E-state index in [9.17, 15) is 13.2 Å². The molecule has 0 saturated heterocycles. The lowest BCUT2D eigenvalue weighted by Crippen LogP contribution is -2.41. The average Bonchev–Trinajstić information content (AvgIpc) is 2.44. The molecule has 1 heterocycles. The molecule has 1 aromatic carbocycles. The van der Waals surface area contributed by atoms with Crippen molar-refractivity contribution in [1.29, 1.82) is 0 Å². The monoisotopic (exact) mass is 340 g/mol. The van der Waals surface area contributed by atoms with Gasteiger partial charge in [-0.3, -0.25) is 4.79 Å². The summed E-state index contributed by atoms with van der Waals surface area (Å²) >= 11 is 0. The van der Waals surface area contributed by atoms with E-state index in [0.717, 1.165) is 6.42 Å². The molecule has 128 valence electrons. The van der Waals surface area contributed by atoms with E-state index in [4.69, 9.17) is 4.74 Å². The van der Waals surface area contributed by atoms with E-state index >= 15 is 0 Å². The highest BCUT2D eigenvalue weighted by atomic mass is 32.2. The Bertz CT molecular complexity index is 685. The van der Waals surface area contributed by atoms with E-state index in [2.05, 4.69) is 4.72 Å². The minimum Gasteiger partial charge on any atom is -0.487 e. The molecule has 0 saturated carbocycles. The Kier molecular flexibility index (Phi) is 5.31. The Balaban J connectivity index is 2.29. The van der Waals surface area contributed by atoms with Gasteiger partial charge in [0.2, 0.25) is 15.9 Å². The Morgan fingerprint density at radius 2 is 2.13 bits per heavy atom. The number of carbonyl (C=O) groups excluding carboxylic acids is 1. The smallest absolute Gasteiger partial charge is 0.240 e. The fourth-order valence-electron chi connectivity index (χ4n) is 2.45. The highest BCUT2D eigenvalue weighted by Crippen LogP contribution is 2.35. The lowest BCUT2D eigenvalue weighted by atomic mass is 10.1. The second-order valence-electron chi connectivity index (χ2n) is 6.27. The maximum atomic E-state index is 12.4. The summed E-state index contributed by atoms with van der Waals surface area (Å²) in [4.78, 5) is 13.5. The van der Waals surface area contributed by atoms with Crippen LogP contribution in [0.5, 0.6) is 5.75 Å². The molecule has 0 aliphatic carbocycles. The summed E-state index contributed by atoms with van der Waals surface area (Å²) < 4.78 is 33.0. The van der Waals surface area contributed by atoms with Crippen LogP contribution in [-0.4, -0.2) is 33.5 Å². The summed E-state index contributed by atoms with van der Waals surface area (Å²) in [6.45, 7) is 8.21. The highest BCUT2D eigenvalue weighted by Gasteiger charge is 2.27. The number of hydrogen-bond acceptors (Lipinski definition) is 4. The number of rotatable bonds is 5. The lowest BCUT2D eigenvalue weighted by molar-refractivity contribution is -0.117. The molecule has 1 aromatic rings. The van der Waals surface area contributed by atoms with E-state index in [1.165, 1.54) is 19.1 Å². The van der Waals surface area contributed by atoms with Gasteiger partial charge >= 0.3 is 0 Å². The molecular weight excluding hydrogens is 316 g/mol. The van der Waals surface area contributed by atoms with E-state index in [-0.39, 0.29) is 16.9 Å². The Labute approximate surface area is 137 Å². The van der Waals surface area contributed by atoms with Crippen LogP contribution in [0.15, 0.2) is 23.1 Å². The summed E-state index contributed by atoms with van der Waals surface area (Å²) in [6.07, 6.45) is 0.641. The summed E-state index contributed by atoms with van der Waals surface area (Å²) in [5.74, 6) is 0.813. The zero-order chi connectivity index (χ0) is 17.2. The fraction of sp³-hybridized carbons (Fsp3) is 0.562. The number of hydrogen-bond donors (Lipinski definition) is 1. The van der Waals surface area contributed by atoms with Gasteiger partial charge in [-0.25, -0.2) is 13.1 Å². The quantitative estimate of drug-likeness (QED) is 0.891. The Morgan fingerprint density at radius 1 is 1.43 bits per heavy atom. The molecule has 1 atom stereocenters. The molecule has 0 fully saturated rings. The van der Waals surface area contributed by atoms with Crippen molar-refractivity contribution in [3.8, 4) is 5.75 Å². The zero-order valence-corrected chi connectivity index (χ0v) is 14.8. The van der Waals surface area contributed by atoms with Crippen molar-refractivity contribution in [2.24, 2.45) is 5.92 Å². The number of sulfonamides is 1. The number of fused-ring (bicyclic) bond motifs is 1. The first kappa shape index (κ1) is 17.7. The molecule has 0 spiro atoms. The second kappa shape index (κ2) is 6.88. The Hall–Kier alpha value is -1.60. The molecule has 1 amide bonds. The molecule has 1 aliphatic heterocycles. The van der Waals surface area contributed by atoms with Crippen molar-refractivity contribution in [2.75, 3.05) is 18.0 Å². The van der Waals surface area contributed by atoms with Crippen LogP contribution in [0.3, 0.4) is 0 Å². The molecular formula is C16H24N2O4S. The topological polar surface area (TPSA) is 75.7 Å². The maximum Gasteiger partial charge on any atom is 0.240 e. The average molecular weight is 340 g/mol. The van der Waals surface area contributed by atoms with Crippen molar-refractivity contribution < 1.29 is 17.9 Å². The summed E-state index contributed by atoms with van der Waals surface area (Å²) in [6, 6.07) is 4.62. The minimum atomic E-state index is -3.60. The third-order valence-corrected chi connectivity index (χ3v) is 5.15. The molecule has 1 aliphatic rings. The number of nitrogens with one attached hydrogen (secondary N) is 1. The van der Waals surface area contributed by atoms with Gasteiger partial charge in [-0.15, -0.1) is 0 Å². The number of carbonyl (C=O) groups is 1. The SMILES string of the molecule is CC(=O)N1C[C@@H](C)Oc2ccc(S(=O)(=O)NCCC(C)C)cc21. The third kappa shape index (κ3) is 4.23. The number of amides is 1. The second-order valence-corrected chi connectivity index (χ2v) is 8.03. The lowest BCUT2D eigenvalue weighted by Gasteiger charge is -2.33. The van der Waals surface area contributed by atoms with E-state index in [1.807, 2.05) is 20.8 Å². The van der Waals surface area contributed by atoms with Crippen molar-refractivity contribution in [1.82, 2.24) is 4.72 Å². The molecule has 0 radical (unpaired) electrons. The van der Waals surface area contributed by atoms with Crippen LogP contribution in [0.4, 0.5) is 5.69 Å². The van der Waals surface area contributed by atoms with Gasteiger partial charge in [0, 0.05) is 13.5 Å². The van der Waals surface area contributed by atoms with Gasteiger partial charge in [0.05, 0.1) is 17.1 Å². The van der Waals surface area contributed by atoms with Crippen LogP contribution in [0.1, 0.15) is 34.1 Å². The van der Waals surface area contributed by atoms with Gasteiger partial charge in [-0.1, -0.05) is 13.8 Å². The molecule has 0 aromatic heterocycles. The normalized spacial score (nSPS) is 17.8. The molecule has 0 unspecified atom stereocenters. The summed E-state index contributed by atoms with van der Waals surface area (Å²) in [5, 5.41) is 0.